The Bertz CT molecular complexity index is 2960. The third-order valence-electron chi connectivity index (χ3n) is 13.2. The van der Waals surface area contributed by atoms with E-state index in [1.807, 2.05) is 151 Å². The van der Waals surface area contributed by atoms with Crippen molar-refractivity contribution in [3.8, 4) is 11.4 Å². The van der Waals surface area contributed by atoms with Gasteiger partial charge in [0.05, 0.1) is 34.6 Å². The zero-order valence-corrected chi connectivity index (χ0v) is 39.2. The topological polar surface area (TPSA) is 128 Å². The Kier molecular flexibility index (Phi) is 12.7. The van der Waals surface area contributed by atoms with E-state index in [0.29, 0.717) is 22.8 Å². The molecular formula is C58H54N6O4. The first-order chi connectivity index (χ1) is 32.8. The largest absolute Gasteiger partial charge is 0.310 e. The first-order valence-electron chi connectivity index (χ1n) is 23.1. The maximum absolute atomic E-state index is 13.5. The number of nitrogens with zero attached hydrogens (tertiary/aromatic N) is 4. The van der Waals surface area contributed by atoms with Crippen molar-refractivity contribution in [2.24, 2.45) is 11.8 Å². The Hall–Kier alpha value is -7.98. The van der Waals surface area contributed by atoms with Crippen LogP contribution >= 0.6 is 0 Å². The van der Waals surface area contributed by atoms with Crippen LogP contribution < -0.4 is 10.6 Å². The lowest BCUT2D eigenvalue weighted by molar-refractivity contribution is -0.121. The van der Waals surface area contributed by atoms with Crippen LogP contribution in [0.1, 0.15) is 101 Å². The van der Waals surface area contributed by atoms with Gasteiger partial charge >= 0.3 is 0 Å². The van der Waals surface area contributed by atoms with Crippen LogP contribution in [0.3, 0.4) is 0 Å². The normalized spacial score (nSPS) is 17.2. The number of anilines is 2. The molecule has 0 aliphatic carbocycles. The Morgan fingerprint density at radius 2 is 0.824 bits per heavy atom. The molecule has 2 aliphatic rings. The van der Waals surface area contributed by atoms with Gasteiger partial charge < -0.3 is 10.6 Å². The quantitative estimate of drug-likeness (QED) is 0.132. The summed E-state index contributed by atoms with van der Waals surface area (Å²) in [6.45, 7) is 12.0. The summed E-state index contributed by atoms with van der Waals surface area (Å²) < 4.78 is 3.59. The van der Waals surface area contributed by atoms with Gasteiger partial charge in [-0.25, -0.2) is 9.36 Å². The Labute approximate surface area is 397 Å². The molecule has 0 unspecified atom stereocenters. The van der Waals surface area contributed by atoms with Gasteiger partial charge in [0.15, 0.2) is 11.6 Å². The van der Waals surface area contributed by atoms with E-state index in [0.717, 1.165) is 67.3 Å². The Morgan fingerprint density at radius 1 is 0.456 bits per heavy atom. The number of carbonyl (C=O) groups excluding carboxylic acids is 4. The molecule has 340 valence electrons. The fourth-order valence-corrected chi connectivity index (χ4v) is 9.74. The third kappa shape index (κ3) is 9.09. The summed E-state index contributed by atoms with van der Waals surface area (Å²) in [7, 11) is 0. The highest BCUT2D eigenvalue weighted by Crippen LogP contribution is 2.46. The molecule has 0 saturated heterocycles. The van der Waals surface area contributed by atoms with E-state index in [1.165, 1.54) is 0 Å². The van der Waals surface area contributed by atoms with Crippen LogP contribution in [0, 0.1) is 53.4 Å². The number of hydrogen-bond donors (Lipinski definition) is 2. The smallest absolute Gasteiger partial charge is 0.230 e. The minimum absolute atomic E-state index is 0.0301. The van der Waals surface area contributed by atoms with Crippen LogP contribution in [0.2, 0.25) is 0 Å². The van der Waals surface area contributed by atoms with Crippen molar-refractivity contribution in [1.82, 2.24) is 19.6 Å². The molecule has 0 radical (unpaired) electrons. The number of benzene rings is 6. The molecule has 10 nitrogen and oxygen atoms in total. The summed E-state index contributed by atoms with van der Waals surface area (Å²) in [5.41, 5.74) is 13.0. The second kappa shape index (κ2) is 19.1. The number of fused-ring (bicyclic) bond motifs is 2. The molecule has 2 aliphatic heterocycles. The second-order valence-electron chi connectivity index (χ2n) is 18.2. The molecule has 2 amide bonds. The molecule has 0 bridgehead atoms. The van der Waals surface area contributed by atoms with Crippen LogP contribution in [0.25, 0.3) is 11.4 Å². The average Bonchev–Trinajstić information content (AvgIpc) is 3.85. The van der Waals surface area contributed by atoms with Gasteiger partial charge in [-0.15, -0.1) is 0 Å². The lowest BCUT2D eigenvalue weighted by atomic mass is 9.75. The monoisotopic (exact) mass is 898 g/mol. The van der Waals surface area contributed by atoms with E-state index < -0.39 is 11.8 Å². The van der Waals surface area contributed by atoms with Crippen LogP contribution in [-0.2, 0) is 9.59 Å². The van der Waals surface area contributed by atoms with E-state index in [2.05, 4.69) is 59.2 Å². The van der Waals surface area contributed by atoms with E-state index >= 15 is 0 Å². The van der Waals surface area contributed by atoms with Gasteiger partial charge in [-0.2, -0.15) is 10.2 Å². The molecule has 68 heavy (non-hydrogen) atoms. The molecule has 0 fully saturated rings. The maximum Gasteiger partial charge on any atom is 0.230 e. The number of aryl methyl sites for hydroxylation is 6. The van der Waals surface area contributed by atoms with Crippen molar-refractivity contribution in [2.45, 2.75) is 66.2 Å². The molecule has 4 heterocycles. The zero-order valence-electron chi connectivity index (χ0n) is 39.2. The fraction of sp³-hybridized carbons (Fsp3) is 0.207. The molecule has 10 heteroatoms. The van der Waals surface area contributed by atoms with Gasteiger partial charge in [0, 0.05) is 46.9 Å². The van der Waals surface area contributed by atoms with Crippen LogP contribution in [0.4, 0.5) is 11.6 Å². The third-order valence-corrected chi connectivity index (χ3v) is 13.2. The van der Waals surface area contributed by atoms with Crippen LogP contribution in [0.5, 0.6) is 0 Å². The van der Waals surface area contributed by atoms with Gasteiger partial charge in [-0.3, -0.25) is 19.2 Å². The highest BCUT2D eigenvalue weighted by atomic mass is 16.2. The molecule has 10 rings (SSSR count). The standard InChI is InChI=1S/2C29H27N3O2/c2*1-18-12-14-21(15-13-18)27-24(17-25(33)22-9-7-8-19(2)16-22)29(34)30-28-26(27)20(3)31-32(28)23-10-5-4-6-11-23/h2*4-16,24,27H,17H2,1-3H3,(H,30,34)/t24-,27+;24-,27-/m11/s1. The van der Waals surface area contributed by atoms with Crippen molar-refractivity contribution in [2.75, 3.05) is 10.6 Å². The summed E-state index contributed by atoms with van der Waals surface area (Å²) in [5.74, 6) is -0.615. The number of para-hydroxylation sites is 2. The predicted molar refractivity (Wildman–Crippen MR) is 267 cm³/mol. The molecule has 0 saturated carbocycles. The number of aromatic nitrogens is 4. The second-order valence-corrected chi connectivity index (χ2v) is 18.2. The summed E-state index contributed by atoms with van der Waals surface area (Å²) in [6.07, 6.45) is 0.256. The number of Topliss-reactive ketones (excluding diaryl/α,β-unsaturated/α-hetero) is 2. The molecule has 2 aromatic heterocycles. The van der Waals surface area contributed by atoms with E-state index in [1.54, 1.807) is 9.36 Å². The Morgan fingerprint density at radius 3 is 1.18 bits per heavy atom. The summed E-state index contributed by atoms with van der Waals surface area (Å²) in [5, 5.41) is 15.8. The lowest BCUT2D eigenvalue weighted by Gasteiger charge is -2.32. The van der Waals surface area contributed by atoms with Crippen molar-refractivity contribution < 1.29 is 19.2 Å². The molecule has 2 N–H and O–H groups in total. The molecule has 8 aromatic rings. The molecule has 6 aromatic carbocycles. The Balaban J connectivity index is 0.000000170. The number of nitrogens with one attached hydrogen (secondary N) is 2. The fourth-order valence-electron chi connectivity index (χ4n) is 9.74. The van der Waals surface area contributed by atoms with Crippen LogP contribution in [0.15, 0.2) is 158 Å². The van der Waals surface area contributed by atoms with Gasteiger partial charge in [0.1, 0.15) is 11.6 Å². The number of carbonyl (C=O) groups is 4. The molecular weight excluding hydrogens is 845 g/mol. The minimum atomic E-state index is -0.532. The van der Waals surface area contributed by atoms with Crippen molar-refractivity contribution in [1.29, 1.82) is 0 Å². The molecule has 0 spiro atoms. The van der Waals surface area contributed by atoms with Crippen molar-refractivity contribution in [3.05, 3.63) is 225 Å². The first kappa shape index (κ1) is 45.2. The van der Waals surface area contributed by atoms with Crippen molar-refractivity contribution >= 4 is 35.0 Å². The predicted octanol–water partition coefficient (Wildman–Crippen LogP) is 11.5. The van der Waals surface area contributed by atoms with E-state index in [4.69, 9.17) is 10.2 Å². The number of amides is 2. The summed E-state index contributed by atoms with van der Waals surface area (Å²) in [6, 6.07) is 51.1. The van der Waals surface area contributed by atoms with E-state index in [-0.39, 0.29) is 48.1 Å². The highest BCUT2D eigenvalue weighted by Gasteiger charge is 2.43. The van der Waals surface area contributed by atoms with Gasteiger partial charge in [0.2, 0.25) is 11.8 Å². The van der Waals surface area contributed by atoms with Gasteiger partial charge in [0.25, 0.3) is 0 Å². The molecule has 4 atom stereocenters. The number of ketones is 2. The van der Waals surface area contributed by atoms with Crippen molar-refractivity contribution in [3.63, 3.8) is 0 Å². The van der Waals surface area contributed by atoms with Gasteiger partial charge in [-0.1, -0.05) is 144 Å². The highest BCUT2D eigenvalue weighted by molar-refractivity contribution is 6.04. The van der Waals surface area contributed by atoms with E-state index in [9.17, 15) is 19.2 Å². The SMILES string of the molecule is Cc1ccc([C@@H]2c3c(C)nn(-c4ccccc4)c3NC(=O)[C@@H]2CC(=O)c2cccc(C)c2)cc1.Cc1ccc([C@H]2c3c(C)nn(-c4ccccc4)c3NC(=O)[C@@H]2CC(=O)c2cccc(C)c2)cc1. The average molecular weight is 899 g/mol. The van der Waals surface area contributed by atoms with Crippen LogP contribution in [-0.4, -0.2) is 42.9 Å². The minimum Gasteiger partial charge on any atom is -0.310 e. The maximum atomic E-state index is 13.5. The van der Waals surface area contributed by atoms with Gasteiger partial charge in [-0.05, 0) is 89.1 Å². The number of hydrogen-bond acceptors (Lipinski definition) is 6. The number of rotatable bonds is 10. The summed E-state index contributed by atoms with van der Waals surface area (Å²) in [4.78, 5) is 53.6. The lowest BCUT2D eigenvalue weighted by Crippen LogP contribution is -2.36. The zero-order chi connectivity index (χ0) is 47.6. The first-order valence-corrected chi connectivity index (χ1v) is 23.1. The summed E-state index contributed by atoms with van der Waals surface area (Å²) >= 11 is 0.